The Morgan fingerprint density at radius 2 is 1.59 bits per heavy atom. The molecule has 0 radical (unpaired) electrons. The topological polar surface area (TPSA) is 24.8 Å². The van der Waals surface area contributed by atoms with Gasteiger partial charge in [0, 0.05) is 25.9 Å². The highest BCUT2D eigenvalue weighted by Crippen LogP contribution is 2.34. The molecule has 29 heavy (non-hydrogen) atoms. The molecule has 0 aromatic heterocycles. The minimum absolute atomic E-state index is 0.190. The number of nitrogens with zero attached hydrogens (tertiary/aromatic N) is 2. The highest BCUT2D eigenvalue weighted by Gasteiger charge is 2.36. The number of amidine groups is 1. The fourth-order valence-corrected chi connectivity index (χ4v) is 3.57. The zero-order valence-corrected chi connectivity index (χ0v) is 15.5. The van der Waals surface area contributed by atoms with E-state index in [4.69, 9.17) is 4.74 Å². The first-order chi connectivity index (χ1) is 13.7. The number of hydrogen-bond donors (Lipinski definition) is 0. The van der Waals surface area contributed by atoms with E-state index >= 15 is 0 Å². The number of likely N-dealkylation sites (tertiary alicyclic amines) is 1. The predicted octanol–water partition coefficient (Wildman–Crippen LogP) is 5.24. The van der Waals surface area contributed by atoms with E-state index in [1.54, 1.807) is 18.2 Å². The van der Waals surface area contributed by atoms with Gasteiger partial charge in [-0.15, -0.1) is 0 Å². The predicted molar refractivity (Wildman–Crippen MR) is 99.5 cm³/mol. The zero-order valence-electron chi connectivity index (χ0n) is 15.5. The van der Waals surface area contributed by atoms with Gasteiger partial charge < -0.3 is 9.64 Å². The molecule has 0 saturated carbocycles. The summed E-state index contributed by atoms with van der Waals surface area (Å²) in [6, 6.07) is 10.2. The second kappa shape index (κ2) is 7.31. The van der Waals surface area contributed by atoms with E-state index < -0.39 is 17.7 Å². The van der Waals surface area contributed by atoms with Crippen molar-refractivity contribution in [3.05, 3.63) is 53.6 Å². The monoisotopic (exact) mass is 410 g/mol. The Balaban J connectivity index is 1.66. The van der Waals surface area contributed by atoms with Crippen LogP contribution in [-0.4, -0.2) is 42.9 Å². The molecule has 1 fully saturated rings. The normalized spacial score (nSPS) is 19.1. The van der Waals surface area contributed by atoms with Crippen LogP contribution in [0.3, 0.4) is 0 Å². The Morgan fingerprint density at radius 3 is 2.24 bits per heavy atom. The van der Waals surface area contributed by atoms with Gasteiger partial charge >= 0.3 is 6.18 Å². The van der Waals surface area contributed by atoms with Gasteiger partial charge in [0.1, 0.15) is 18.2 Å². The third kappa shape index (κ3) is 4.21. The lowest BCUT2D eigenvalue weighted by Gasteiger charge is -2.34. The van der Waals surface area contributed by atoms with Crippen LogP contribution in [0, 0.1) is 0 Å². The highest BCUT2D eigenvalue weighted by molar-refractivity contribution is 6.02. The quantitative estimate of drug-likeness (QED) is 0.601. The Hall–Kier alpha value is -2.64. The van der Waals surface area contributed by atoms with E-state index in [1.807, 2.05) is 4.90 Å². The largest absolute Gasteiger partial charge is 0.491 e. The molecule has 154 valence electrons. The van der Waals surface area contributed by atoms with Crippen molar-refractivity contribution >= 4 is 5.84 Å². The summed E-state index contributed by atoms with van der Waals surface area (Å²) >= 11 is 0. The third-order valence-corrected chi connectivity index (χ3v) is 5.17. The molecule has 0 amide bonds. The molecule has 0 aliphatic carbocycles. The molecule has 0 spiro atoms. The van der Waals surface area contributed by atoms with Gasteiger partial charge in [0.15, 0.2) is 0 Å². The van der Waals surface area contributed by atoms with Crippen molar-refractivity contribution in [2.75, 3.05) is 26.2 Å². The fourth-order valence-electron chi connectivity index (χ4n) is 3.57. The van der Waals surface area contributed by atoms with Crippen molar-refractivity contribution in [1.82, 2.24) is 4.90 Å². The number of rotatable bonds is 1. The van der Waals surface area contributed by atoms with Crippen LogP contribution >= 0.6 is 0 Å². The third-order valence-electron chi connectivity index (χ3n) is 5.17. The molecule has 8 heteroatoms. The van der Waals surface area contributed by atoms with Crippen LogP contribution in [0.1, 0.15) is 24.0 Å². The minimum Gasteiger partial charge on any atom is -0.491 e. The molecule has 2 heterocycles. The molecule has 0 N–H and O–H groups in total. The lowest BCUT2D eigenvalue weighted by Crippen LogP contribution is -2.43. The van der Waals surface area contributed by atoms with Gasteiger partial charge in [-0.3, -0.25) is 4.99 Å². The summed E-state index contributed by atoms with van der Waals surface area (Å²) in [5.74, 6) is -1.47. The Labute approximate surface area is 164 Å². The van der Waals surface area contributed by atoms with E-state index in [-0.39, 0.29) is 25.9 Å². The molecule has 2 aliphatic rings. The van der Waals surface area contributed by atoms with Crippen LogP contribution < -0.4 is 4.74 Å². The highest BCUT2D eigenvalue weighted by atomic mass is 19.4. The second-order valence-electron chi connectivity index (χ2n) is 7.18. The van der Waals surface area contributed by atoms with E-state index in [0.29, 0.717) is 41.4 Å². The SMILES string of the molecule is FC1(F)CCN(C2=NCCOc3ccc(-c4ccc(C(F)(F)F)cc4)cc32)CC1. The van der Waals surface area contributed by atoms with Gasteiger partial charge in [0.05, 0.1) is 17.7 Å². The summed E-state index contributed by atoms with van der Waals surface area (Å²) in [6.07, 6.45) is -4.86. The summed E-state index contributed by atoms with van der Waals surface area (Å²) in [5, 5.41) is 0. The van der Waals surface area contributed by atoms with E-state index in [0.717, 1.165) is 12.1 Å². The number of ether oxygens (including phenoxy) is 1. The molecule has 0 atom stereocenters. The van der Waals surface area contributed by atoms with Gasteiger partial charge in [-0.05, 0) is 35.4 Å². The molecular weight excluding hydrogens is 391 g/mol. The van der Waals surface area contributed by atoms with Crippen LogP contribution in [-0.2, 0) is 6.18 Å². The average Bonchev–Trinajstić information content (AvgIpc) is 2.89. The van der Waals surface area contributed by atoms with Crippen LogP contribution in [0.15, 0.2) is 47.5 Å². The smallest absolute Gasteiger partial charge is 0.416 e. The van der Waals surface area contributed by atoms with Crippen molar-refractivity contribution in [3.63, 3.8) is 0 Å². The van der Waals surface area contributed by atoms with Gasteiger partial charge in [-0.25, -0.2) is 8.78 Å². The molecule has 0 bridgehead atoms. The van der Waals surface area contributed by atoms with Crippen molar-refractivity contribution in [2.24, 2.45) is 4.99 Å². The number of hydrogen-bond acceptors (Lipinski definition) is 3. The number of fused-ring (bicyclic) bond motifs is 1. The second-order valence-corrected chi connectivity index (χ2v) is 7.18. The molecular formula is C21H19F5N2O. The lowest BCUT2D eigenvalue weighted by atomic mass is 9.99. The first-order valence-corrected chi connectivity index (χ1v) is 9.35. The lowest BCUT2D eigenvalue weighted by molar-refractivity contribution is -0.137. The number of aliphatic imine (C=N–C) groups is 1. The molecule has 2 aromatic rings. The van der Waals surface area contributed by atoms with Crippen LogP contribution in [0.5, 0.6) is 5.75 Å². The van der Waals surface area contributed by atoms with Crippen LogP contribution in [0.25, 0.3) is 11.1 Å². The van der Waals surface area contributed by atoms with Crippen molar-refractivity contribution in [1.29, 1.82) is 0 Å². The van der Waals surface area contributed by atoms with Gasteiger partial charge in [0.2, 0.25) is 0 Å². The first kappa shape index (κ1) is 19.7. The van der Waals surface area contributed by atoms with E-state index in [1.165, 1.54) is 12.1 Å². The summed E-state index contributed by atoms with van der Waals surface area (Å²) in [5.41, 5.74) is 1.29. The Morgan fingerprint density at radius 1 is 0.931 bits per heavy atom. The Bertz CT molecular complexity index is 912. The maximum absolute atomic E-state index is 13.6. The van der Waals surface area contributed by atoms with E-state index in [9.17, 15) is 22.0 Å². The summed E-state index contributed by atoms with van der Waals surface area (Å²) in [6.45, 7) is 1.16. The molecule has 3 nitrogen and oxygen atoms in total. The van der Waals surface area contributed by atoms with Gasteiger partial charge in [-0.1, -0.05) is 18.2 Å². The van der Waals surface area contributed by atoms with Gasteiger partial charge in [-0.2, -0.15) is 13.2 Å². The van der Waals surface area contributed by atoms with Gasteiger partial charge in [0.25, 0.3) is 5.92 Å². The molecule has 2 aromatic carbocycles. The first-order valence-electron chi connectivity index (χ1n) is 9.35. The number of benzene rings is 2. The maximum atomic E-state index is 13.6. The van der Waals surface area contributed by atoms with Crippen LogP contribution in [0.4, 0.5) is 22.0 Å². The molecule has 0 unspecified atom stereocenters. The Kier molecular flexibility index (Phi) is 4.96. The summed E-state index contributed by atoms with van der Waals surface area (Å²) in [7, 11) is 0. The van der Waals surface area contributed by atoms with Crippen LogP contribution in [0.2, 0.25) is 0 Å². The number of alkyl halides is 5. The number of piperidine rings is 1. The van der Waals surface area contributed by atoms with E-state index in [2.05, 4.69) is 4.99 Å². The molecule has 2 aliphatic heterocycles. The molecule has 4 rings (SSSR count). The van der Waals surface area contributed by atoms with Crippen molar-refractivity contribution in [2.45, 2.75) is 24.9 Å². The minimum atomic E-state index is -4.39. The maximum Gasteiger partial charge on any atom is 0.416 e. The number of halogens is 5. The van der Waals surface area contributed by atoms with Crippen molar-refractivity contribution < 1.29 is 26.7 Å². The van der Waals surface area contributed by atoms with Crippen molar-refractivity contribution in [3.8, 4) is 16.9 Å². The molecule has 1 saturated heterocycles. The zero-order chi connectivity index (χ0) is 20.6. The summed E-state index contributed by atoms with van der Waals surface area (Å²) < 4.78 is 71.3. The average molecular weight is 410 g/mol. The standard InChI is InChI=1S/C21H19F5N2O/c22-20(23)7-10-28(11-8-20)19-17-13-15(3-6-18(17)29-12-9-27-19)14-1-4-16(5-2-14)21(24,25)26/h1-6,13H,7-12H2. The summed E-state index contributed by atoms with van der Waals surface area (Å²) in [4.78, 5) is 6.38. The fraction of sp³-hybridized carbons (Fsp3) is 0.381.